The Kier molecular flexibility index (Phi) is 4.77. The standard InChI is InChI=1S/C20H22N4O3/c1-13-12-17(24(23-13)14-7-10-27-11-8-14)20(25)22-16-5-6-18(26-2)15-4-3-9-21-19(15)16/h3-6,9,12,14H,7-8,10-11H2,1-2H3,(H,22,25). The monoisotopic (exact) mass is 366 g/mol. The summed E-state index contributed by atoms with van der Waals surface area (Å²) in [6.07, 6.45) is 3.41. The highest BCUT2D eigenvalue weighted by molar-refractivity contribution is 6.08. The number of fused-ring (bicyclic) bond motifs is 1. The van der Waals surface area contributed by atoms with E-state index >= 15 is 0 Å². The molecule has 1 amide bonds. The number of anilines is 1. The number of aryl methyl sites for hydroxylation is 1. The van der Waals surface area contributed by atoms with Crippen LogP contribution in [0.4, 0.5) is 5.69 Å². The van der Waals surface area contributed by atoms with Gasteiger partial charge in [0, 0.05) is 24.8 Å². The lowest BCUT2D eigenvalue weighted by Gasteiger charge is -2.24. The number of carbonyl (C=O) groups is 1. The lowest BCUT2D eigenvalue weighted by atomic mass is 10.1. The molecule has 0 spiro atoms. The summed E-state index contributed by atoms with van der Waals surface area (Å²) < 4.78 is 12.7. The van der Waals surface area contributed by atoms with Gasteiger partial charge in [0.2, 0.25) is 0 Å². The molecule has 1 fully saturated rings. The summed E-state index contributed by atoms with van der Waals surface area (Å²) in [6.45, 7) is 3.28. The van der Waals surface area contributed by atoms with Crippen molar-refractivity contribution in [3.05, 3.63) is 47.9 Å². The van der Waals surface area contributed by atoms with Crippen LogP contribution in [0.25, 0.3) is 10.9 Å². The molecular formula is C20H22N4O3. The Morgan fingerprint density at radius 3 is 2.89 bits per heavy atom. The van der Waals surface area contributed by atoms with Gasteiger partial charge >= 0.3 is 0 Å². The zero-order valence-corrected chi connectivity index (χ0v) is 15.4. The van der Waals surface area contributed by atoms with E-state index in [0.717, 1.165) is 29.7 Å². The molecule has 7 nitrogen and oxygen atoms in total. The average Bonchev–Trinajstić information content (AvgIpc) is 3.11. The molecule has 0 bridgehead atoms. The van der Waals surface area contributed by atoms with Crippen molar-refractivity contribution in [1.82, 2.24) is 14.8 Å². The Morgan fingerprint density at radius 1 is 1.30 bits per heavy atom. The molecule has 1 aliphatic rings. The summed E-state index contributed by atoms with van der Waals surface area (Å²) >= 11 is 0. The van der Waals surface area contributed by atoms with Gasteiger partial charge in [-0.05, 0) is 50.1 Å². The van der Waals surface area contributed by atoms with E-state index in [-0.39, 0.29) is 11.9 Å². The molecule has 0 saturated carbocycles. The Balaban J connectivity index is 1.67. The van der Waals surface area contributed by atoms with Crippen molar-refractivity contribution < 1.29 is 14.3 Å². The third-order valence-electron chi connectivity index (χ3n) is 4.83. The first-order valence-electron chi connectivity index (χ1n) is 9.04. The van der Waals surface area contributed by atoms with Gasteiger partial charge in [0.1, 0.15) is 11.4 Å². The van der Waals surface area contributed by atoms with Crippen molar-refractivity contribution in [2.75, 3.05) is 25.6 Å². The van der Waals surface area contributed by atoms with Crippen LogP contribution in [0.1, 0.15) is 35.1 Å². The lowest BCUT2D eigenvalue weighted by molar-refractivity contribution is 0.0646. The van der Waals surface area contributed by atoms with Crippen molar-refractivity contribution in [3.8, 4) is 5.75 Å². The van der Waals surface area contributed by atoms with Crippen molar-refractivity contribution in [2.45, 2.75) is 25.8 Å². The minimum atomic E-state index is -0.195. The molecule has 1 N–H and O–H groups in total. The predicted molar refractivity (Wildman–Crippen MR) is 102 cm³/mol. The summed E-state index contributed by atoms with van der Waals surface area (Å²) in [6, 6.07) is 9.42. The fourth-order valence-corrected chi connectivity index (χ4v) is 3.51. The maximum Gasteiger partial charge on any atom is 0.274 e. The molecule has 0 aliphatic carbocycles. The second-order valence-electron chi connectivity index (χ2n) is 6.63. The van der Waals surface area contributed by atoms with Crippen LogP contribution >= 0.6 is 0 Å². The van der Waals surface area contributed by atoms with E-state index in [1.54, 1.807) is 13.3 Å². The Labute approximate surface area is 157 Å². The van der Waals surface area contributed by atoms with Gasteiger partial charge in [-0.3, -0.25) is 14.5 Å². The summed E-state index contributed by atoms with van der Waals surface area (Å²) in [7, 11) is 1.62. The van der Waals surface area contributed by atoms with Gasteiger partial charge in [-0.1, -0.05) is 0 Å². The quantitative estimate of drug-likeness (QED) is 0.766. The molecule has 0 atom stereocenters. The SMILES string of the molecule is COc1ccc(NC(=O)c2cc(C)nn2C2CCOCC2)c2ncccc12. The number of nitrogens with one attached hydrogen (secondary N) is 1. The molecule has 2 aromatic heterocycles. The Morgan fingerprint density at radius 2 is 2.11 bits per heavy atom. The first kappa shape index (κ1) is 17.5. The van der Waals surface area contributed by atoms with Crippen molar-refractivity contribution >= 4 is 22.5 Å². The predicted octanol–water partition coefficient (Wildman–Crippen LogP) is 3.35. The molecule has 4 rings (SSSR count). The van der Waals surface area contributed by atoms with Gasteiger partial charge in [-0.2, -0.15) is 5.10 Å². The van der Waals surface area contributed by atoms with Crippen LogP contribution in [0.15, 0.2) is 36.5 Å². The number of hydrogen-bond donors (Lipinski definition) is 1. The second-order valence-corrected chi connectivity index (χ2v) is 6.63. The van der Waals surface area contributed by atoms with E-state index in [0.29, 0.717) is 30.1 Å². The summed E-state index contributed by atoms with van der Waals surface area (Å²) in [5.41, 5.74) is 2.72. The highest BCUT2D eigenvalue weighted by Gasteiger charge is 2.23. The molecule has 140 valence electrons. The van der Waals surface area contributed by atoms with E-state index < -0.39 is 0 Å². The van der Waals surface area contributed by atoms with Gasteiger partial charge < -0.3 is 14.8 Å². The second kappa shape index (κ2) is 7.36. The van der Waals surface area contributed by atoms with Crippen LogP contribution in [0.3, 0.4) is 0 Å². The zero-order valence-electron chi connectivity index (χ0n) is 15.4. The number of ether oxygens (including phenoxy) is 2. The third kappa shape index (κ3) is 3.38. The molecule has 0 unspecified atom stereocenters. The first-order chi connectivity index (χ1) is 13.2. The molecule has 1 aromatic carbocycles. The largest absolute Gasteiger partial charge is 0.496 e. The molecule has 27 heavy (non-hydrogen) atoms. The number of rotatable bonds is 4. The van der Waals surface area contributed by atoms with Gasteiger partial charge in [-0.25, -0.2) is 0 Å². The molecule has 7 heteroatoms. The smallest absolute Gasteiger partial charge is 0.274 e. The van der Waals surface area contributed by atoms with E-state index in [2.05, 4.69) is 15.4 Å². The van der Waals surface area contributed by atoms with Crippen LogP contribution in [0, 0.1) is 6.92 Å². The van der Waals surface area contributed by atoms with Crippen LogP contribution in [0.5, 0.6) is 5.75 Å². The number of methoxy groups -OCH3 is 1. The fourth-order valence-electron chi connectivity index (χ4n) is 3.51. The number of amides is 1. The van der Waals surface area contributed by atoms with Crippen molar-refractivity contribution in [3.63, 3.8) is 0 Å². The van der Waals surface area contributed by atoms with Crippen LogP contribution in [0.2, 0.25) is 0 Å². The Hall–Kier alpha value is -2.93. The zero-order chi connectivity index (χ0) is 18.8. The van der Waals surface area contributed by atoms with Crippen LogP contribution in [-0.2, 0) is 4.74 Å². The molecule has 1 aliphatic heterocycles. The normalized spacial score (nSPS) is 15.0. The average molecular weight is 366 g/mol. The lowest BCUT2D eigenvalue weighted by Crippen LogP contribution is -2.25. The molecule has 3 heterocycles. The number of carbonyl (C=O) groups excluding carboxylic acids is 1. The van der Waals surface area contributed by atoms with Gasteiger partial charge in [-0.15, -0.1) is 0 Å². The summed E-state index contributed by atoms with van der Waals surface area (Å²) in [4.78, 5) is 17.4. The molecule has 3 aromatic rings. The molecule has 1 saturated heterocycles. The van der Waals surface area contributed by atoms with Gasteiger partial charge in [0.25, 0.3) is 5.91 Å². The first-order valence-corrected chi connectivity index (χ1v) is 9.04. The maximum absolute atomic E-state index is 13.0. The highest BCUT2D eigenvalue weighted by Crippen LogP contribution is 2.30. The minimum absolute atomic E-state index is 0.180. The van der Waals surface area contributed by atoms with E-state index in [9.17, 15) is 4.79 Å². The number of benzene rings is 1. The van der Waals surface area contributed by atoms with Gasteiger partial charge in [0.15, 0.2) is 0 Å². The van der Waals surface area contributed by atoms with E-state index in [4.69, 9.17) is 9.47 Å². The maximum atomic E-state index is 13.0. The summed E-state index contributed by atoms with van der Waals surface area (Å²) in [5, 5.41) is 8.40. The minimum Gasteiger partial charge on any atom is -0.496 e. The van der Waals surface area contributed by atoms with Gasteiger partial charge in [0.05, 0.1) is 30.0 Å². The number of pyridine rings is 1. The van der Waals surface area contributed by atoms with Crippen LogP contribution in [-0.4, -0.2) is 41.0 Å². The number of hydrogen-bond acceptors (Lipinski definition) is 5. The van der Waals surface area contributed by atoms with E-state index in [1.807, 2.05) is 41.9 Å². The molecule has 0 radical (unpaired) electrons. The third-order valence-corrected chi connectivity index (χ3v) is 4.83. The fraction of sp³-hybridized carbons (Fsp3) is 0.350. The van der Waals surface area contributed by atoms with Crippen LogP contribution < -0.4 is 10.1 Å². The number of nitrogens with zero attached hydrogens (tertiary/aromatic N) is 3. The summed E-state index contributed by atoms with van der Waals surface area (Å²) in [5.74, 6) is 0.526. The topological polar surface area (TPSA) is 78.3 Å². The van der Waals surface area contributed by atoms with Crippen molar-refractivity contribution in [2.24, 2.45) is 0 Å². The highest BCUT2D eigenvalue weighted by atomic mass is 16.5. The molecular weight excluding hydrogens is 344 g/mol. The van der Waals surface area contributed by atoms with Crippen molar-refractivity contribution in [1.29, 1.82) is 0 Å². The number of aromatic nitrogens is 3. The van der Waals surface area contributed by atoms with E-state index in [1.165, 1.54) is 0 Å². The Bertz CT molecular complexity index is 977.